The molecule has 174 valence electrons. The van der Waals surface area contributed by atoms with Crippen molar-refractivity contribution in [2.45, 2.75) is 6.92 Å². The fourth-order valence-corrected chi connectivity index (χ4v) is 3.95. The first-order valence-electron chi connectivity index (χ1n) is 11.1. The highest BCUT2D eigenvalue weighted by molar-refractivity contribution is 6.38. The second kappa shape index (κ2) is 10.1. The number of anilines is 3. The topological polar surface area (TPSA) is 64.7 Å². The highest BCUT2D eigenvalue weighted by Crippen LogP contribution is 2.38. The van der Waals surface area contributed by atoms with E-state index >= 15 is 0 Å². The summed E-state index contributed by atoms with van der Waals surface area (Å²) >= 11 is 6.13. The molecule has 0 unspecified atom stereocenters. The standard InChI is InChI=1S/C27H27ClN4O2/c1-4-31(2)17-24(33)32(3)21-13-11-20(12-14-21)29-26(18-8-6-5-7-9-18)25-22-15-10-19(28)16-23(22)30-27(25)34/h5-16,29H,4,17H2,1-3H3,(H,30,34)/b26-25-. The van der Waals surface area contributed by atoms with E-state index in [0.29, 0.717) is 28.5 Å². The number of hydrogen-bond donors (Lipinski definition) is 2. The number of carbonyl (C=O) groups is 2. The fourth-order valence-electron chi connectivity index (χ4n) is 3.78. The van der Waals surface area contributed by atoms with Gasteiger partial charge in [0.25, 0.3) is 5.91 Å². The summed E-state index contributed by atoms with van der Waals surface area (Å²) in [5, 5.41) is 6.91. The quantitative estimate of drug-likeness (QED) is 0.463. The lowest BCUT2D eigenvalue weighted by molar-refractivity contribution is -0.119. The maximum Gasteiger partial charge on any atom is 0.258 e. The van der Waals surface area contributed by atoms with E-state index in [-0.39, 0.29) is 11.8 Å². The Morgan fingerprint density at radius 1 is 1.00 bits per heavy atom. The molecule has 0 bridgehead atoms. The van der Waals surface area contributed by atoms with E-state index in [1.165, 1.54) is 0 Å². The normalized spacial score (nSPS) is 14.0. The van der Waals surface area contributed by atoms with E-state index in [9.17, 15) is 9.59 Å². The van der Waals surface area contributed by atoms with Gasteiger partial charge in [-0.25, -0.2) is 0 Å². The Morgan fingerprint density at radius 3 is 2.38 bits per heavy atom. The summed E-state index contributed by atoms with van der Waals surface area (Å²) in [6, 6.07) is 22.7. The number of benzene rings is 3. The van der Waals surface area contributed by atoms with Crippen molar-refractivity contribution in [2.24, 2.45) is 0 Å². The molecule has 3 aromatic rings. The number of rotatable bonds is 7. The van der Waals surface area contributed by atoms with Crippen LogP contribution >= 0.6 is 11.6 Å². The van der Waals surface area contributed by atoms with Crippen LogP contribution in [0, 0.1) is 0 Å². The molecule has 0 radical (unpaired) electrons. The smallest absolute Gasteiger partial charge is 0.258 e. The van der Waals surface area contributed by atoms with Crippen LogP contribution in [-0.2, 0) is 9.59 Å². The van der Waals surface area contributed by atoms with Crippen LogP contribution in [0.5, 0.6) is 0 Å². The zero-order valence-electron chi connectivity index (χ0n) is 19.4. The number of nitrogens with one attached hydrogen (secondary N) is 2. The Morgan fingerprint density at radius 2 is 1.71 bits per heavy atom. The molecule has 2 amide bonds. The fraction of sp³-hybridized carbons (Fsp3) is 0.185. The number of nitrogens with zero attached hydrogens (tertiary/aromatic N) is 2. The Labute approximate surface area is 204 Å². The van der Waals surface area contributed by atoms with Crippen LogP contribution in [0.25, 0.3) is 11.3 Å². The van der Waals surface area contributed by atoms with Crippen molar-refractivity contribution in [1.29, 1.82) is 0 Å². The third kappa shape index (κ3) is 4.98. The summed E-state index contributed by atoms with van der Waals surface area (Å²) in [7, 11) is 3.69. The van der Waals surface area contributed by atoms with Crippen molar-refractivity contribution < 1.29 is 9.59 Å². The predicted octanol–water partition coefficient (Wildman–Crippen LogP) is 5.19. The Hall–Kier alpha value is -3.61. The Bertz CT molecular complexity index is 1240. The van der Waals surface area contributed by atoms with Gasteiger partial charge in [0.15, 0.2) is 0 Å². The molecular formula is C27H27ClN4O2. The average molecular weight is 475 g/mol. The van der Waals surface area contributed by atoms with Crippen molar-refractivity contribution in [3.8, 4) is 0 Å². The second-order valence-electron chi connectivity index (χ2n) is 8.22. The summed E-state index contributed by atoms with van der Waals surface area (Å²) < 4.78 is 0. The molecule has 0 fully saturated rings. The van der Waals surface area contributed by atoms with Crippen molar-refractivity contribution in [3.05, 3.63) is 88.9 Å². The molecule has 1 heterocycles. The molecule has 0 saturated heterocycles. The molecule has 7 heteroatoms. The monoisotopic (exact) mass is 474 g/mol. The van der Waals surface area contributed by atoms with E-state index in [4.69, 9.17) is 11.6 Å². The lowest BCUT2D eigenvalue weighted by Crippen LogP contribution is -2.36. The molecule has 6 nitrogen and oxygen atoms in total. The number of fused-ring (bicyclic) bond motifs is 1. The molecule has 0 saturated carbocycles. The van der Waals surface area contributed by atoms with Crippen LogP contribution in [0.2, 0.25) is 5.02 Å². The van der Waals surface area contributed by atoms with Crippen molar-refractivity contribution in [3.63, 3.8) is 0 Å². The molecule has 1 aliphatic heterocycles. The highest BCUT2D eigenvalue weighted by atomic mass is 35.5. The summed E-state index contributed by atoms with van der Waals surface area (Å²) in [6.07, 6.45) is 0. The minimum absolute atomic E-state index is 0.0232. The van der Waals surface area contributed by atoms with Gasteiger partial charge < -0.3 is 15.5 Å². The van der Waals surface area contributed by atoms with E-state index < -0.39 is 0 Å². The first-order chi connectivity index (χ1) is 16.4. The second-order valence-corrected chi connectivity index (χ2v) is 8.65. The molecule has 0 aromatic heterocycles. The molecule has 3 aromatic carbocycles. The summed E-state index contributed by atoms with van der Waals surface area (Å²) in [5.74, 6) is -0.166. The molecular weight excluding hydrogens is 448 g/mol. The zero-order chi connectivity index (χ0) is 24.2. The first kappa shape index (κ1) is 23.5. The van der Waals surface area contributed by atoms with Crippen LogP contribution in [0.1, 0.15) is 18.1 Å². The van der Waals surface area contributed by atoms with E-state index in [1.54, 1.807) is 24.1 Å². The van der Waals surface area contributed by atoms with Crippen LogP contribution < -0.4 is 15.5 Å². The first-order valence-corrected chi connectivity index (χ1v) is 11.5. The highest BCUT2D eigenvalue weighted by Gasteiger charge is 2.28. The Kier molecular flexibility index (Phi) is 7.01. The molecule has 2 N–H and O–H groups in total. The number of amides is 2. The lowest BCUT2D eigenvalue weighted by atomic mass is 10.00. The average Bonchev–Trinajstić information content (AvgIpc) is 3.17. The van der Waals surface area contributed by atoms with Crippen LogP contribution in [-0.4, -0.2) is 43.9 Å². The number of hydrogen-bond acceptors (Lipinski definition) is 4. The van der Waals surface area contributed by atoms with E-state index in [1.807, 2.05) is 79.5 Å². The molecule has 0 aliphatic carbocycles. The van der Waals surface area contributed by atoms with Gasteiger partial charge in [0.1, 0.15) is 0 Å². The van der Waals surface area contributed by atoms with Gasteiger partial charge in [-0.15, -0.1) is 0 Å². The third-order valence-corrected chi connectivity index (χ3v) is 6.12. The van der Waals surface area contributed by atoms with Crippen LogP contribution in [0.3, 0.4) is 0 Å². The minimum Gasteiger partial charge on any atom is -0.354 e. The molecule has 0 atom stereocenters. The lowest BCUT2D eigenvalue weighted by Gasteiger charge is -2.21. The van der Waals surface area contributed by atoms with Crippen molar-refractivity contribution >= 4 is 51.7 Å². The minimum atomic E-state index is -0.189. The van der Waals surface area contributed by atoms with Gasteiger partial charge in [0.05, 0.1) is 23.5 Å². The Balaban J connectivity index is 1.67. The van der Waals surface area contributed by atoms with Gasteiger partial charge in [-0.2, -0.15) is 0 Å². The number of likely N-dealkylation sites (N-methyl/N-ethyl adjacent to an activating group) is 2. The van der Waals surface area contributed by atoms with E-state index in [0.717, 1.165) is 29.0 Å². The summed E-state index contributed by atoms with van der Waals surface area (Å²) in [5.41, 5.74) is 5.22. The van der Waals surface area contributed by atoms with Crippen molar-refractivity contribution in [1.82, 2.24) is 4.90 Å². The molecule has 4 rings (SSSR count). The van der Waals surface area contributed by atoms with Gasteiger partial charge in [0, 0.05) is 29.0 Å². The predicted molar refractivity (Wildman–Crippen MR) is 140 cm³/mol. The summed E-state index contributed by atoms with van der Waals surface area (Å²) in [4.78, 5) is 29.1. The van der Waals surface area contributed by atoms with Gasteiger partial charge in [0.2, 0.25) is 5.91 Å². The van der Waals surface area contributed by atoms with Gasteiger partial charge in [-0.05, 0) is 55.6 Å². The van der Waals surface area contributed by atoms with Gasteiger partial charge in [-0.1, -0.05) is 54.9 Å². The van der Waals surface area contributed by atoms with E-state index in [2.05, 4.69) is 10.6 Å². The SMILES string of the molecule is CCN(C)CC(=O)N(C)c1ccc(N/C(=C2\C(=O)Nc3cc(Cl)ccc32)c2ccccc2)cc1. The maximum atomic E-state index is 13.0. The van der Waals surface area contributed by atoms with Crippen molar-refractivity contribution in [2.75, 3.05) is 42.7 Å². The largest absolute Gasteiger partial charge is 0.354 e. The number of halogens is 1. The van der Waals surface area contributed by atoms with Crippen LogP contribution in [0.4, 0.5) is 17.1 Å². The van der Waals surface area contributed by atoms with Gasteiger partial charge >= 0.3 is 0 Å². The zero-order valence-corrected chi connectivity index (χ0v) is 20.2. The molecule has 0 spiro atoms. The molecule has 1 aliphatic rings. The maximum absolute atomic E-state index is 13.0. The summed E-state index contributed by atoms with van der Waals surface area (Å²) in [6.45, 7) is 3.18. The van der Waals surface area contributed by atoms with Crippen LogP contribution in [0.15, 0.2) is 72.8 Å². The van der Waals surface area contributed by atoms with Gasteiger partial charge in [-0.3, -0.25) is 14.5 Å². The molecule has 34 heavy (non-hydrogen) atoms. The third-order valence-electron chi connectivity index (χ3n) is 5.88. The number of carbonyl (C=O) groups excluding carboxylic acids is 2.